The Morgan fingerprint density at radius 3 is 2.75 bits per heavy atom. The zero-order valence-electron chi connectivity index (χ0n) is 9.80. The summed E-state index contributed by atoms with van der Waals surface area (Å²) in [6.45, 7) is 4.21. The van der Waals surface area contributed by atoms with Gasteiger partial charge in [0.25, 0.3) is 0 Å². The van der Waals surface area contributed by atoms with Gasteiger partial charge in [0, 0.05) is 24.3 Å². The third kappa shape index (κ3) is 4.03. The zero-order valence-corrected chi connectivity index (χ0v) is 13.0. The molecule has 1 heterocycles. The minimum Gasteiger partial charge on any atom is -0.358 e. The fourth-order valence-corrected chi connectivity index (χ4v) is 2.95. The van der Waals surface area contributed by atoms with Crippen molar-refractivity contribution in [2.24, 2.45) is 5.92 Å². The predicted molar refractivity (Wildman–Crippen MR) is 76.0 cm³/mol. The van der Waals surface area contributed by atoms with Crippen LogP contribution in [-0.2, 0) is 0 Å². The highest BCUT2D eigenvalue weighted by atomic mass is 79.9. The molecule has 0 spiro atoms. The molecular weight excluding hydrogens is 334 g/mol. The Kier molecular flexibility index (Phi) is 5.72. The Balaban J connectivity index is 2.69. The van der Waals surface area contributed by atoms with Gasteiger partial charge < -0.3 is 10.2 Å². The van der Waals surface area contributed by atoms with Gasteiger partial charge in [-0.05, 0) is 57.4 Å². The zero-order chi connectivity index (χ0) is 12.1. The van der Waals surface area contributed by atoms with Crippen LogP contribution in [0.4, 0.5) is 5.82 Å². The molecule has 0 aliphatic carbocycles. The molecule has 1 N–H and O–H groups in total. The van der Waals surface area contributed by atoms with E-state index in [1.54, 1.807) is 0 Å². The summed E-state index contributed by atoms with van der Waals surface area (Å²) in [5, 5.41) is 3.18. The average molecular weight is 351 g/mol. The number of hydrogen-bond donors (Lipinski definition) is 1. The predicted octanol–water partition coefficient (Wildman–Crippen LogP) is 2.90. The normalized spacial score (nSPS) is 12.6. The maximum absolute atomic E-state index is 4.40. The number of anilines is 1. The van der Waals surface area contributed by atoms with Crippen molar-refractivity contribution in [1.82, 2.24) is 10.3 Å². The molecule has 0 aliphatic rings. The molecule has 0 aliphatic heterocycles. The molecular formula is C11H17Br2N3. The Hall–Kier alpha value is -0.130. The maximum atomic E-state index is 4.40. The van der Waals surface area contributed by atoms with Crippen LogP contribution in [0.25, 0.3) is 0 Å². The van der Waals surface area contributed by atoms with Gasteiger partial charge in [0.2, 0.25) is 0 Å². The van der Waals surface area contributed by atoms with Gasteiger partial charge in [-0.25, -0.2) is 4.98 Å². The summed E-state index contributed by atoms with van der Waals surface area (Å²) in [7, 11) is 4.04. The van der Waals surface area contributed by atoms with Gasteiger partial charge in [-0.3, -0.25) is 0 Å². The lowest BCUT2D eigenvalue weighted by atomic mass is 10.1. The minimum atomic E-state index is 0.590. The molecule has 3 nitrogen and oxygen atoms in total. The van der Waals surface area contributed by atoms with Gasteiger partial charge in [0.15, 0.2) is 0 Å². The van der Waals surface area contributed by atoms with Crippen LogP contribution in [0, 0.1) is 5.92 Å². The Bertz CT molecular complexity index is 344. The molecule has 0 saturated heterocycles. The molecule has 1 atom stereocenters. The van der Waals surface area contributed by atoms with E-state index in [4.69, 9.17) is 0 Å². The number of pyridine rings is 1. The Labute approximate surface area is 114 Å². The highest BCUT2D eigenvalue weighted by Crippen LogP contribution is 2.26. The highest BCUT2D eigenvalue weighted by molar-refractivity contribution is 9.11. The number of hydrogen-bond acceptors (Lipinski definition) is 3. The van der Waals surface area contributed by atoms with Gasteiger partial charge in [-0.15, -0.1) is 0 Å². The molecule has 0 saturated carbocycles. The van der Waals surface area contributed by atoms with Crippen molar-refractivity contribution in [2.75, 3.05) is 32.1 Å². The van der Waals surface area contributed by atoms with E-state index in [-0.39, 0.29) is 0 Å². The molecule has 90 valence electrons. The van der Waals surface area contributed by atoms with Crippen molar-refractivity contribution in [3.8, 4) is 0 Å². The van der Waals surface area contributed by atoms with Crippen molar-refractivity contribution in [1.29, 1.82) is 0 Å². The van der Waals surface area contributed by atoms with Crippen LogP contribution in [-0.4, -0.2) is 32.2 Å². The SMILES string of the molecule is CNCC(C)CN(C)c1ncc(Br)cc1Br. The van der Waals surface area contributed by atoms with E-state index in [0.29, 0.717) is 5.92 Å². The monoisotopic (exact) mass is 349 g/mol. The summed E-state index contributed by atoms with van der Waals surface area (Å²) < 4.78 is 2.00. The second kappa shape index (κ2) is 6.57. The smallest absolute Gasteiger partial charge is 0.142 e. The quantitative estimate of drug-likeness (QED) is 0.884. The number of nitrogens with one attached hydrogen (secondary N) is 1. The van der Waals surface area contributed by atoms with E-state index in [1.807, 2.05) is 19.3 Å². The molecule has 0 aromatic carbocycles. The minimum absolute atomic E-state index is 0.590. The first-order valence-electron chi connectivity index (χ1n) is 5.21. The van der Waals surface area contributed by atoms with Crippen LogP contribution < -0.4 is 10.2 Å². The van der Waals surface area contributed by atoms with Crippen LogP contribution in [0.15, 0.2) is 21.2 Å². The molecule has 1 unspecified atom stereocenters. The van der Waals surface area contributed by atoms with E-state index in [1.165, 1.54) is 0 Å². The van der Waals surface area contributed by atoms with E-state index >= 15 is 0 Å². The van der Waals surface area contributed by atoms with Gasteiger partial charge >= 0.3 is 0 Å². The van der Waals surface area contributed by atoms with Gasteiger partial charge in [0.05, 0.1) is 4.47 Å². The summed E-state index contributed by atoms with van der Waals surface area (Å²) in [6.07, 6.45) is 1.82. The number of rotatable bonds is 5. The van der Waals surface area contributed by atoms with E-state index in [0.717, 1.165) is 27.9 Å². The van der Waals surface area contributed by atoms with Crippen LogP contribution in [0.3, 0.4) is 0 Å². The first-order valence-corrected chi connectivity index (χ1v) is 6.80. The molecule has 5 heteroatoms. The molecule has 1 aromatic rings. The van der Waals surface area contributed by atoms with Crippen LogP contribution >= 0.6 is 31.9 Å². The van der Waals surface area contributed by atoms with Crippen LogP contribution in [0.1, 0.15) is 6.92 Å². The van der Waals surface area contributed by atoms with Crippen molar-refractivity contribution >= 4 is 37.7 Å². The number of nitrogens with zero attached hydrogens (tertiary/aromatic N) is 2. The molecule has 0 bridgehead atoms. The summed E-state index contributed by atoms with van der Waals surface area (Å²) in [6, 6.07) is 2.02. The van der Waals surface area contributed by atoms with E-state index in [2.05, 4.69) is 61.0 Å². The van der Waals surface area contributed by atoms with Crippen molar-refractivity contribution in [3.05, 3.63) is 21.2 Å². The second-order valence-electron chi connectivity index (χ2n) is 4.00. The molecule has 16 heavy (non-hydrogen) atoms. The summed E-state index contributed by atoms with van der Waals surface area (Å²) >= 11 is 6.93. The lowest BCUT2D eigenvalue weighted by Gasteiger charge is -2.23. The molecule has 0 fully saturated rings. The summed E-state index contributed by atoms with van der Waals surface area (Å²) in [5.74, 6) is 1.57. The van der Waals surface area contributed by atoms with Crippen molar-refractivity contribution in [2.45, 2.75) is 6.92 Å². The Morgan fingerprint density at radius 1 is 1.50 bits per heavy atom. The van der Waals surface area contributed by atoms with Crippen LogP contribution in [0.2, 0.25) is 0 Å². The number of halogens is 2. The Morgan fingerprint density at radius 2 is 2.19 bits per heavy atom. The molecule has 1 aromatic heterocycles. The molecule has 0 radical (unpaired) electrons. The standard InChI is InChI=1S/C11H17Br2N3/c1-8(5-14-2)7-16(3)11-10(13)4-9(12)6-15-11/h4,6,8,14H,5,7H2,1-3H3. The molecule has 1 rings (SSSR count). The van der Waals surface area contributed by atoms with E-state index < -0.39 is 0 Å². The second-order valence-corrected chi connectivity index (χ2v) is 5.77. The van der Waals surface area contributed by atoms with Crippen LogP contribution in [0.5, 0.6) is 0 Å². The largest absolute Gasteiger partial charge is 0.358 e. The van der Waals surface area contributed by atoms with Crippen molar-refractivity contribution in [3.63, 3.8) is 0 Å². The fraction of sp³-hybridized carbons (Fsp3) is 0.545. The summed E-state index contributed by atoms with van der Waals surface area (Å²) in [5.41, 5.74) is 0. The lowest BCUT2D eigenvalue weighted by molar-refractivity contribution is 0.540. The number of aromatic nitrogens is 1. The lowest BCUT2D eigenvalue weighted by Crippen LogP contribution is -2.30. The van der Waals surface area contributed by atoms with E-state index in [9.17, 15) is 0 Å². The highest BCUT2D eigenvalue weighted by Gasteiger charge is 2.10. The first-order chi connectivity index (χ1) is 7.54. The van der Waals surface area contributed by atoms with Gasteiger partial charge in [0.1, 0.15) is 5.82 Å². The van der Waals surface area contributed by atoms with Gasteiger partial charge in [-0.1, -0.05) is 6.92 Å². The third-order valence-electron chi connectivity index (χ3n) is 2.29. The summed E-state index contributed by atoms with van der Waals surface area (Å²) in [4.78, 5) is 6.57. The average Bonchev–Trinajstić information content (AvgIpc) is 2.17. The fourth-order valence-electron chi connectivity index (χ4n) is 1.66. The van der Waals surface area contributed by atoms with Gasteiger partial charge in [-0.2, -0.15) is 0 Å². The molecule has 0 amide bonds. The topological polar surface area (TPSA) is 28.2 Å². The maximum Gasteiger partial charge on any atom is 0.142 e. The first kappa shape index (κ1) is 13.9. The van der Waals surface area contributed by atoms with Crippen molar-refractivity contribution < 1.29 is 0 Å². The third-order valence-corrected chi connectivity index (χ3v) is 3.31.